The molecule has 0 aromatic heterocycles. The smallest absolute Gasteiger partial charge is 0.294 e. The van der Waals surface area contributed by atoms with Crippen LogP contribution in [0.3, 0.4) is 0 Å². The van der Waals surface area contributed by atoms with Gasteiger partial charge in [-0.25, -0.2) is 0 Å². The molecule has 0 radical (unpaired) electrons. The Bertz CT molecular complexity index is 1130. The van der Waals surface area contributed by atoms with Gasteiger partial charge in [0.2, 0.25) is 12.7 Å². The zero-order valence-electron chi connectivity index (χ0n) is 16.0. The van der Waals surface area contributed by atoms with Crippen molar-refractivity contribution in [1.29, 1.82) is 0 Å². The highest BCUT2D eigenvalue weighted by molar-refractivity contribution is 9.10. The van der Waals surface area contributed by atoms with E-state index < -0.39 is 23.6 Å². The number of halogens is 1. The number of hydrogen-bond acceptors (Lipinski definition) is 8. The van der Waals surface area contributed by atoms with Gasteiger partial charge in [-0.3, -0.25) is 19.3 Å². The van der Waals surface area contributed by atoms with Crippen LogP contribution in [0, 0.1) is 0 Å². The molecule has 0 bridgehead atoms. The van der Waals surface area contributed by atoms with Crippen LogP contribution in [-0.4, -0.2) is 47.5 Å². The molecule has 11 heteroatoms. The number of hydrogen-bond donors (Lipinski definition) is 2. The molecule has 31 heavy (non-hydrogen) atoms. The molecule has 1 fully saturated rings. The number of fused-ring (bicyclic) bond motifs is 1. The monoisotopic (exact) mass is 506 g/mol. The molecule has 1 saturated heterocycles. The van der Waals surface area contributed by atoms with Gasteiger partial charge in [0.15, 0.2) is 23.0 Å². The van der Waals surface area contributed by atoms with Crippen LogP contribution in [0.2, 0.25) is 0 Å². The van der Waals surface area contributed by atoms with Crippen LogP contribution >= 0.6 is 27.7 Å². The van der Waals surface area contributed by atoms with Crippen molar-refractivity contribution in [2.24, 2.45) is 0 Å². The van der Waals surface area contributed by atoms with E-state index in [4.69, 9.17) is 14.2 Å². The highest BCUT2D eigenvalue weighted by atomic mass is 79.9. The number of carbonyl (C=O) groups excluding carboxylic acids is 3. The first kappa shape index (κ1) is 21.1. The quantitative estimate of drug-likeness (QED) is 0.591. The molecule has 2 aromatic carbocycles. The number of ether oxygens (including phenoxy) is 3. The molecule has 0 aliphatic carbocycles. The number of aromatic hydroxyl groups is 1. The molecular formula is C20H15BrN2O7S. The van der Waals surface area contributed by atoms with E-state index in [1.165, 1.54) is 25.3 Å². The van der Waals surface area contributed by atoms with Crippen molar-refractivity contribution in [3.05, 3.63) is 45.3 Å². The maximum absolute atomic E-state index is 12.7. The normalized spacial score (nSPS) is 16.2. The maximum atomic E-state index is 12.7. The van der Waals surface area contributed by atoms with E-state index in [9.17, 15) is 19.5 Å². The average molecular weight is 507 g/mol. The first-order valence-electron chi connectivity index (χ1n) is 8.87. The summed E-state index contributed by atoms with van der Waals surface area (Å²) >= 11 is 4.03. The fourth-order valence-electron chi connectivity index (χ4n) is 2.93. The molecule has 3 amide bonds. The zero-order valence-corrected chi connectivity index (χ0v) is 18.4. The van der Waals surface area contributed by atoms with Crippen LogP contribution < -0.4 is 19.5 Å². The van der Waals surface area contributed by atoms with Crippen LogP contribution in [0.5, 0.6) is 23.0 Å². The number of nitrogens with zero attached hydrogens (tertiary/aromatic N) is 1. The standard InChI is InChI=1S/C20H15BrN2O7S/c1-28-15-4-10(12(21)7-13(15)24)5-17-19(26)23(20(27)31-17)8-18(25)22-11-2-3-14-16(6-11)30-9-29-14/h2-7,24H,8-9H2,1H3,(H,22,25)/b17-5-. The van der Waals surface area contributed by atoms with Crippen LogP contribution in [0.1, 0.15) is 5.56 Å². The lowest BCUT2D eigenvalue weighted by molar-refractivity contribution is -0.127. The molecule has 4 rings (SSSR count). The summed E-state index contributed by atoms with van der Waals surface area (Å²) in [5.74, 6) is 0.106. The minimum Gasteiger partial charge on any atom is -0.504 e. The largest absolute Gasteiger partial charge is 0.504 e. The second kappa shape index (κ2) is 8.52. The van der Waals surface area contributed by atoms with Crippen molar-refractivity contribution < 1.29 is 33.7 Å². The van der Waals surface area contributed by atoms with E-state index in [-0.39, 0.29) is 23.2 Å². The second-order valence-corrected chi connectivity index (χ2v) is 8.28. The Labute approximate surface area is 189 Å². The number of phenols is 1. The first-order valence-corrected chi connectivity index (χ1v) is 10.5. The molecule has 0 atom stereocenters. The Balaban J connectivity index is 1.47. The van der Waals surface area contributed by atoms with Crippen molar-refractivity contribution in [3.63, 3.8) is 0 Å². The predicted molar refractivity (Wildman–Crippen MR) is 116 cm³/mol. The second-order valence-electron chi connectivity index (χ2n) is 6.43. The molecule has 9 nitrogen and oxygen atoms in total. The van der Waals surface area contributed by atoms with Gasteiger partial charge < -0.3 is 24.6 Å². The minimum atomic E-state index is -0.588. The van der Waals surface area contributed by atoms with Crippen molar-refractivity contribution in [1.82, 2.24) is 4.90 Å². The number of benzene rings is 2. The van der Waals surface area contributed by atoms with Gasteiger partial charge in [-0.05, 0) is 47.7 Å². The van der Waals surface area contributed by atoms with Crippen molar-refractivity contribution in [3.8, 4) is 23.0 Å². The lowest BCUT2D eigenvalue weighted by Crippen LogP contribution is -2.36. The highest BCUT2D eigenvalue weighted by Gasteiger charge is 2.36. The summed E-state index contributed by atoms with van der Waals surface area (Å²) in [4.78, 5) is 38.4. The van der Waals surface area contributed by atoms with E-state index in [0.717, 1.165) is 16.7 Å². The number of carbonyl (C=O) groups is 3. The highest BCUT2D eigenvalue weighted by Crippen LogP contribution is 2.38. The summed E-state index contributed by atoms with van der Waals surface area (Å²) in [5.41, 5.74) is 0.988. The maximum Gasteiger partial charge on any atom is 0.294 e. The summed E-state index contributed by atoms with van der Waals surface area (Å²) in [6.45, 7) is -0.324. The van der Waals surface area contributed by atoms with Gasteiger partial charge in [0.25, 0.3) is 11.1 Å². The number of thioether (sulfide) groups is 1. The molecule has 2 aliphatic rings. The number of rotatable bonds is 5. The third kappa shape index (κ3) is 4.32. The van der Waals surface area contributed by atoms with Crippen LogP contribution in [0.15, 0.2) is 39.7 Å². The summed E-state index contributed by atoms with van der Waals surface area (Å²) in [5, 5.41) is 11.9. The molecule has 2 aromatic rings. The third-order valence-electron chi connectivity index (χ3n) is 4.42. The SMILES string of the molecule is COc1cc(/C=C2\SC(=O)N(CC(=O)Nc3ccc4c(c3)OCO4)C2=O)c(Br)cc1O. The van der Waals surface area contributed by atoms with Gasteiger partial charge >= 0.3 is 0 Å². The van der Waals surface area contributed by atoms with E-state index in [0.29, 0.717) is 27.2 Å². The Morgan fingerprint density at radius 2 is 2.06 bits per heavy atom. The van der Waals surface area contributed by atoms with Crippen molar-refractivity contribution >= 4 is 56.5 Å². The Hall–Kier alpha value is -3.18. The summed E-state index contributed by atoms with van der Waals surface area (Å²) < 4.78 is 16.1. The van der Waals surface area contributed by atoms with Crippen LogP contribution in [-0.2, 0) is 9.59 Å². The Morgan fingerprint density at radius 3 is 2.84 bits per heavy atom. The fraction of sp³-hybridized carbons (Fsp3) is 0.150. The summed E-state index contributed by atoms with van der Waals surface area (Å²) in [6, 6.07) is 7.84. The van der Waals surface area contributed by atoms with Gasteiger partial charge in [-0.1, -0.05) is 15.9 Å². The molecular weight excluding hydrogens is 492 g/mol. The van der Waals surface area contributed by atoms with Crippen LogP contribution in [0.25, 0.3) is 6.08 Å². The number of phenolic OH excluding ortho intramolecular Hbond substituents is 1. The number of methoxy groups -OCH3 is 1. The average Bonchev–Trinajstić information content (AvgIpc) is 3.29. The zero-order chi connectivity index (χ0) is 22.1. The summed E-state index contributed by atoms with van der Waals surface area (Å²) in [7, 11) is 1.40. The van der Waals surface area contributed by atoms with Gasteiger partial charge in [0.05, 0.1) is 12.0 Å². The number of amides is 3. The van der Waals surface area contributed by atoms with E-state index in [1.54, 1.807) is 18.2 Å². The lowest BCUT2D eigenvalue weighted by Gasteiger charge is -2.12. The molecule has 0 spiro atoms. The molecule has 2 heterocycles. The van der Waals surface area contributed by atoms with Crippen molar-refractivity contribution in [2.75, 3.05) is 25.8 Å². The first-order chi connectivity index (χ1) is 14.9. The Kier molecular flexibility index (Phi) is 5.79. The predicted octanol–water partition coefficient (Wildman–Crippen LogP) is 3.57. The van der Waals surface area contributed by atoms with Gasteiger partial charge in [0, 0.05) is 16.2 Å². The number of imide groups is 1. The molecule has 160 valence electrons. The Morgan fingerprint density at radius 1 is 1.29 bits per heavy atom. The minimum absolute atomic E-state index is 0.0696. The van der Waals surface area contributed by atoms with E-state index in [2.05, 4.69) is 21.2 Å². The van der Waals surface area contributed by atoms with Crippen molar-refractivity contribution in [2.45, 2.75) is 0 Å². The number of anilines is 1. The van der Waals surface area contributed by atoms with Gasteiger partial charge in [-0.15, -0.1) is 0 Å². The molecule has 0 saturated carbocycles. The number of nitrogens with one attached hydrogen (secondary N) is 1. The third-order valence-corrected chi connectivity index (χ3v) is 6.01. The molecule has 2 aliphatic heterocycles. The van der Waals surface area contributed by atoms with E-state index in [1.807, 2.05) is 0 Å². The molecule has 2 N–H and O–H groups in total. The molecule has 0 unspecified atom stereocenters. The van der Waals surface area contributed by atoms with Crippen LogP contribution in [0.4, 0.5) is 10.5 Å². The fourth-order valence-corrected chi connectivity index (χ4v) is 4.20. The lowest BCUT2D eigenvalue weighted by atomic mass is 10.2. The summed E-state index contributed by atoms with van der Waals surface area (Å²) in [6.07, 6.45) is 1.49. The van der Waals surface area contributed by atoms with Gasteiger partial charge in [-0.2, -0.15) is 0 Å². The van der Waals surface area contributed by atoms with E-state index >= 15 is 0 Å². The topological polar surface area (TPSA) is 114 Å². The van der Waals surface area contributed by atoms with Gasteiger partial charge in [0.1, 0.15) is 6.54 Å².